The van der Waals surface area contributed by atoms with Crippen LogP contribution in [0.2, 0.25) is 5.02 Å². The van der Waals surface area contributed by atoms with Gasteiger partial charge in [-0.1, -0.05) is 57.9 Å². The molecular formula is C20H20BrClN4. The Morgan fingerprint density at radius 1 is 1.23 bits per heavy atom. The van der Waals surface area contributed by atoms with Crippen molar-refractivity contribution in [3.05, 3.63) is 63.2 Å². The van der Waals surface area contributed by atoms with Gasteiger partial charge in [0.2, 0.25) is 0 Å². The molecule has 0 saturated heterocycles. The maximum atomic E-state index is 6.40. The highest BCUT2D eigenvalue weighted by Crippen LogP contribution is 2.39. The number of hydrogen-bond donors (Lipinski definition) is 1. The molecule has 0 saturated carbocycles. The average Bonchev–Trinajstić information content (AvgIpc) is 2.95. The molecule has 6 heteroatoms. The summed E-state index contributed by atoms with van der Waals surface area (Å²) < 4.78 is 3.10. The summed E-state index contributed by atoms with van der Waals surface area (Å²) in [4.78, 5) is 0. The van der Waals surface area contributed by atoms with E-state index in [0.717, 1.165) is 39.5 Å². The van der Waals surface area contributed by atoms with E-state index in [4.69, 9.17) is 11.6 Å². The molecule has 26 heavy (non-hydrogen) atoms. The largest absolute Gasteiger partial charge is 0.377 e. The fourth-order valence-electron chi connectivity index (χ4n) is 3.70. The lowest BCUT2D eigenvalue weighted by Gasteiger charge is -2.29. The molecule has 1 N–H and O–H groups in total. The van der Waals surface area contributed by atoms with Crippen LogP contribution in [0.15, 0.2) is 46.9 Å². The summed E-state index contributed by atoms with van der Waals surface area (Å²) >= 11 is 10.0. The number of para-hydroxylation sites is 1. The fourth-order valence-corrected chi connectivity index (χ4v) is 4.27. The van der Waals surface area contributed by atoms with Crippen LogP contribution in [0.3, 0.4) is 0 Å². The molecule has 1 aliphatic heterocycles. The minimum absolute atomic E-state index is 0.153. The van der Waals surface area contributed by atoms with Crippen LogP contribution in [0, 0.1) is 12.8 Å². The molecule has 0 aliphatic carbocycles. The Bertz CT molecular complexity index is 953. The highest BCUT2D eigenvalue weighted by atomic mass is 79.9. The van der Waals surface area contributed by atoms with Gasteiger partial charge in [0, 0.05) is 16.6 Å². The summed E-state index contributed by atoms with van der Waals surface area (Å²) in [6.45, 7) is 5.13. The van der Waals surface area contributed by atoms with E-state index in [9.17, 15) is 0 Å². The van der Waals surface area contributed by atoms with Gasteiger partial charge < -0.3 is 5.32 Å². The second-order valence-electron chi connectivity index (χ2n) is 6.95. The number of rotatable bonds is 2. The number of anilines is 1. The molecule has 0 spiro atoms. The van der Waals surface area contributed by atoms with Gasteiger partial charge in [-0.15, -0.1) is 5.10 Å². The van der Waals surface area contributed by atoms with E-state index >= 15 is 0 Å². The number of halogens is 2. The maximum absolute atomic E-state index is 6.40. The molecule has 1 aromatic heterocycles. The molecule has 0 amide bonds. The topological polar surface area (TPSA) is 42.7 Å². The minimum Gasteiger partial charge on any atom is -0.377 e. The third-order valence-corrected chi connectivity index (χ3v) is 5.70. The number of benzene rings is 2. The number of hydrogen-bond acceptors (Lipinski definition) is 3. The van der Waals surface area contributed by atoms with Gasteiger partial charge in [0.05, 0.1) is 28.1 Å². The maximum Gasteiger partial charge on any atom is 0.0918 e. The lowest BCUT2D eigenvalue weighted by molar-refractivity contribution is 0.394. The summed E-state index contributed by atoms with van der Waals surface area (Å²) in [5.41, 5.74) is 5.43. The molecule has 1 aliphatic rings. The van der Waals surface area contributed by atoms with E-state index in [2.05, 4.69) is 56.7 Å². The van der Waals surface area contributed by atoms with Crippen LogP contribution < -0.4 is 5.32 Å². The van der Waals surface area contributed by atoms with E-state index in [0.29, 0.717) is 5.92 Å². The predicted octanol–water partition coefficient (Wildman–Crippen LogP) is 5.86. The van der Waals surface area contributed by atoms with Crippen molar-refractivity contribution in [3.63, 3.8) is 0 Å². The van der Waals surface area contributed by atoms with Crippen molar-refractivity contribution in [1.29, 1.82) is 0 Å². The van der Waals surface area contributed by atoms with E-state index < -0.39 is 0 Å². The molecular weight excluding hydrogens is 412 g/mol. The van der Waals surface area contributed by atoms with Crippen molar-refractivity contribution in [3.8, 4) is 11.3 Å². The number of aromatic nitrogens is 3. The third kappa shape index (κ3) is 3.26. The molecule has 2 atom stereocenters. The van der Waals surface area contributed by atoms with Gasteiger partial charge in [0.15, 0.2) is 0 Å². The number of aryl methyl sites for hydroxylation is 1. The zero-order valence-corrected chi connectivity index (χ0v) is 17.0. The highest BCUT2D eigenvalue weighted by Gasteiger charge is 2.27. The van der Waals surface area contributed by atoms with Crippen LogP contribution in [0.25, 0.3) is 11.3 Å². The van der Waals surface area contributed by atoms with Crippen LogP contribution >= 0.6 is 27.5 Å². The van der Waals surface area contributed by atoms with Crippen molar-refractivity contribution in [2.75, 3.05) is 5.32 Å². The normalized spacial score (nSPS) is 19.2. The Morgan fingerprint density at radius 3 is 2.85 bits per heavy atom. The van der Waals surface area contributed by atoms with Gasteiger partial charge in [-0.3, -0.25) is 0 Å². The predicted molar refractivity (Wildman–Crippen MR) is 109 cm³/mol. The quantitative estimate of drug-likeness (QED) is 0.552. The minimum atomic E-state index is 0.153. The van der Waals surface area contributed by atoms with Crippen molar-refractivity contribution in [2.45, 2.75) is 32.9 Å². The Kier molecular flexibility index (Phi) is 4.76. The number of fused-ring (bicyclic) bond motifs is 3. The van der Waals surface area contributed by atoms with Gasteiger partial charge >= 0.3 is 0 Å². The SMILES string of the molecule is Cc1nnn2c1-c1ccc(Br)cc1C(Nc1ccccc1Cl)C[C@H](C)C2. The Labute approximate surface area is 166 Å². The molecule has 0 bridgehead atoms. The summed E-state index contributed by atoms with van der Waals surface area (Å²) in [6.07, 6.45) is 0.979. The van der Waals surface area contributed by atoms with Crippen molar-refractivity contribution in [2.24, 2.45) is 5.92 Å². The molecule has 4 rings (SSSR count). The van der Waals surface area contributed by atoms with E-state index in [1.165, 1.54) is 11.1 Å². The molecule has 0 fully saturated rings. The van der Waals surface area contributed by atoms with Crippen molar-refractivity contribution >= 4 is 33.2 Å². The zero-order chi connectivity index (χ0) is 18.3. The molecule has 3 aromatic rings. The van der Waals surface area contributed by atoms with Crippen LogP contribution in [0.5, 0.6) is 0 Å². The lowest BCUT2D eigenvalue weighted by Crippen LogP contribution is -2.22. The van der Waals surface area contributed by atoms with Crippen molar-refractivity contribution < 1.29 is 0 Å². The molecule has 4 nitrogen and oxygen atoms in total. The third-order valence-electron chi connectivity index (χ3n) is 4.87. The molecule has 1 unspecified atom stereocenters. The second-order valence-corrected chi connectivity index (χ2v) is 8.28. The molecule has 0 radical (unpaired) electrons. The molecule has 134 valence electrons. The lowest BCUT2D eigenvalue weighted by atomic mass is 9.89. The van der Waals surface area contributed by atoms with Gasteiger partial charge in [0.25, 0.3) is 0 Å². The Morgan fingerprint density at radius 2 is 2.04 bits per heavy atom. The summed E-state index contributed by atoms with van der Waals surface area (Å²) in [7, 11) is 0. The monoisotopic (exact) mass is 430 g/mol. The van der Waals surface area contributed by atoms with Gasteiger partial charge in [-0.2, -0.15) is 0 Å². The summed E-state index contributed by atoms with van der Waals surface area (Å²) in [6, 6.07) is 14.5. The van der Waals surface area contributed by atoms with E-state index in [-0.39, 0.29) is 6.04 Å². The standard InChI is InChI=1S/C20H20BrClN4/c1-12-9-19(23-18-6-4-3-5-17(18)22)16-10-14(21)7-8-15(16)20-13(2)24-25-26(20)11-12/h3-8,10,12,19,23H,9,11H2,1-2H3/t12-,19?/m0/s1. The number of nitrogens with zero attached hydrogens (tertiary/aromatic N) is 3. The Balaban J connectivity index is 1.86. The smallest absolute Gasteiger partial charge is 0.0918 e. The Hall–Kier alpha value is -1.85. The zero-order valence-electron chi connectivity index (χ0n) is 14.7. The second kappa shape index (κ2) is 7.05. The van der Waals surface area contributed by atoms with Crippen LogP contribution in [0.4, 0.5) is 5.69 Å². The summed E-state index contributed by atoms with van der Waals surface area (Å²) in [5, 5.41) is 13.1. The summed E-state index contributed by atoms with van der Waals surface area (Å²) in [5.74, 6) is 0.446. The van der Waals surface area contributed by atoms with Crippen molar-refractivity contribution in [1.82, 2.24) is 15.0 Å². The molecule has 2 aromatic carbocycles. The van der Waals surface area contributed by atoms with E-state index in [1.54, 1.807) is 0 Å². The fraction of sp³-hybridized carbons (Fsp3) is 0.300. The average molecular weight is 432 g/mol. The number of nitrogens with one attached hydrogen (secondary N) is 1. The van der Waals surface area contributed by atoms with Gasteiger partial charge in [-0.05, 0) is 49.1 Å². The van der Waals surface area contributed by atoms with E-state index in [1.807, 2.05) is 35.9 Å². The first-order valence-corrected chi connectivity index (χ1v) is 9.91. The van der Waals surface area contributed by atoms with Crippen LogP contribution in [0.1, 0.15) is 30.6 Å². The first kappa shape index (κ1) is 17.6. The van der Waals surface area contributed by atoms with Gasteiger partial charge in [0.1, 0.15) is 0 Å². The van der Waals surface area contributed by atoms with Crippen LogP contribution in [-0.2, 0) is 6.54 Å². The molecule has 2 heterocycles. The first-order chi connectivity index (χ1) is 12.5. The van der Waals surface area contributed by atoms with Gasteiger partial charge in [-0.25, -0.2) is 4.68 Å². The van der Waals surface area contributed by atoms with Crippen LogP contribution in [-0.4, -0.2) is 15.0 Å². The first-order valence-electron chi connectivity index (χ1n) is 8.74. The highest BCUT2D eigenvalue weighted by molar-refractivity contribution is 9.10.